The van der Waals surface area contributed by atoms with Crippen LogP contribution in [0.1, 0.15) is 62.4 Å². The molecule has 3 aromatic rings. The van der Waals surface area contributed by atoms with Gasteiger partial charge in [0.05, 0.1) is 52.1 Å². The molecule has 4 N–H and O–H groups in total. The van der Waals surface area contributed by atoms with E-state index in [1.807, 2.05) is 12.1 Å². The summed E-state index contributed by atoms with van der Waals surface area (Å²) < 4.78 is 16.0. The van der Waals surface area contributed by atoms with Crippen LogP contribution in [-0.4, -0.2) is 61.9 Å². The maximum Gasteiger partial charge on any atom is 0.255 e. The summed E-state index contributed by atoms with van der Waals surface area (Å²) in [5, 5.41) is 32.4. The van der Waals surface area contributed by atoms with E-state index in [0.29, 0.717) is 29.1 Å². The topological polar surface area (TPSA) is 144 Å². The lowest BCUT2D eigenvalue weighted by atomic mass is 9.90. The van der Waals surface area contributed by atoms with Crippen molar-refractivity contribution in [2.75, 3.05) is 11.9 Å². The molecule has 0 spiro atoms. The van der Waals surface area contributed by atoms with Crippen molar-refractivity contribution in [3.63, 3.8) is 0 Å². The third-order valence-corrected chi connectivity index (χ3v) is 6.69. The number of alkyl halides is 1. The zero-order chi connectivity index (χ0) is 27.4. The fourth-order valence-electron chi connectivity index (χ4n) is 4.64. The van der Waals surface area contributed by atoms with Crippen molar-refractivity contribution in [1.82, 2.24) is 25.2 Å². The highest BCUT2D eigenvalue weighted by Crippen LogP contribution is 2.29. The van der Waals surface area contributed by atoms with Crippen LogP contribution in [0.25, 0.3) is 16.9 Å². The Bertz CT molecular complexity index is 1380. The van der Waals surface area contributed by atoms with Crippen LogP contribution in [0.4, 0.5) is 10.1 Å². The predicted octanol–water partition coefficient (Wildman–Crippen LogP) is 2.97. The van der Waals surface area contributed by atoms with Crippen LogP contribution in [-0.2, 0) is 4.79 Å². The Hall–Kier alpha value is -4.04. The number of fused-ring (bicyclic) bond motifs is 1. The summed E-state index contributed by atoms with van der Waals surface area (Å²) in [5.41, 5.74) is 1.55. The number of halogens is 1. The third-order valence-electron chi connectivity index (χ3n) is 6.69. The molecule has 4 rings (SSSR count). The fourth-order valence-corrected chi connectivity index (χ4v) is 4.64. The molecule has 2 amide bonds. The fraction of sp³-hybridized carbons (Fsp3) is 0.444. The summed E-state index contributed by atoms with van der Waals surface area (Å²) in [4.78, 5) is 29.2. The highest BCUT2D eigenvalue weighted by atomic mass is 19.1. The number of hydrogen-bond acceptors (Lipinski definition) is 7. The van der Waals surface area contributed by atoms with Gasteiger partial charge in [-0.1, -0.05) is 0 Å². The quantitative estimate of drug-likeness (QED) is 0.357. The Morgan fingerprint density at radius 1 is 1.26 bits per heavy atom. The van der Waals surface area contributed by atoms with Crippen LogP contribution in [0.2, 0.25) is 0 Å². The van der Waals surface area contributed by atoms with Crippen molar-refractivity contribution in [1.29, 1.82) is 5.26 Å². The molecule has 0 aromatic carbocycles. The molecule has 0 aliphatic heterocycles. The number of aromatic nitrogens is 3. The molecular formula is C27H32FN7O3. The van der Waals surface area contributed by atoms with Crippen molar-refractivity contribution in [2.24, 2.45) is 0 Å². The normalized spacial score (nSPS) is 18.4. The van der Waals surface area contributed by atoms with Crippen LogP contribution in [0.3, 0.4) is 0 Å². The molecule has 1 saturated carbocycles. The summed E-state index contributed by atoms with van der Waals surface area (Å²) in [6, 6.07) is 9.23. The van der Waals surface area contributed by atoms with E-state index in [-0.39, 0.29) is 30.1 Å². The minimum atomic E-state index is -1.65. The Labute approximate surface area is 220 Å². The number of anilines is 1. The lowest BCUT2D eigenvalue weighted by Crippen LogP contribution is -2.42. The van der Waals surface area contributed by atoms with Gasteiger partial charge in [0, 0.05) is 25.2 Å². The number of aliphatic hydroxyl groups is 1. The number of rotatable bonds is 8. The number of nitriles is 1. The van der Waals surface area contributed by atoms with E-state index in [0.717, 1.165) is 24.8 Å². The Kier molecular flexibility index (Phi) is 7.92. The van der Waals surface area contributed by atoms with E-state index < -0.39 is 17.7 Å². The number of hydrogen-bond donors (Lipinski definition) is 4. The summed E-state index contributed by atoms with van der Waals surface area (Å²) in [6.07, 6.45) is 4.59. The lowest BCUT2D eigenvalue weighted by molar-refractivity contribution is -0.119. The molecule has 0 saturated heterocycles. The molecule has 10 nitrogen and oxygen atoms in total. The van der Waals surface area contributed by atoms with Gasteiger partial charge in [-0.25, -0.2) is 8.91 Å². The highest BCUT2D eigenvalue weighted by Gasteiger charge is 2.28. The van der Waals surface area contributed by atoms with Crippen molar-refractivity contribution in [3.8, 4) is 17.5 Å². The van der Waals surface area contributed by atoms with Crippen LogP contribution in [0.15, 0.2) is 36.7 Å². The van der Waals surface area contributed by atoms with Crippen LogP contribution >= 0.6 is 0 Å². The predicted molar refractivity (Wildman–Crippen MR) is 140 cm³/mol. The maximum atomic E-state index is 14.3. The Morgan fingerprint density at radius 3 is 2.74 bits per heavy atom. The van der Waals surface area contributed by atoms with Gasteiger partial charge in [-0.05, 0) is 63.8 Å². The first kappa shape index (κ1) is 27.0. The van der Waals surface area contributed by atoms with Crippen molar-refractivity contribution in [3.05, 3.63) is 47.8 Å². The molecule has 3 aromatic heterocycles. The van der Waals surface area contributed by atoms with Gasteiger partial charge in [0.25, 0.3) is 5.91 Å². The third kappa shape index (κ3) is 6.26. The molecule has 3 atom stereocenters. The largest absolute Gasteiger partial charge is 0.387 e. The molecule has 3 heterocycles. The molecular weight excluding hydrogens is 489 g/mol. The summed E-state index contributed by atoms with van der Waals surface area (Å²) in [7, 11) is 0. The number of pyridine rings is 1. The smallest absolute Gasteiger partial charge is 0.255 e. The summed E-state index contributed by atoms with van der Waals surface area (Å²) >= 11 is 0. The van der Waals surface area contributed by atoms with Gasteiger partial charge >= 0.3 is 0 Å². The average molecular weight is 522 g/mol. The second-order valence-corrected chi connectivity index (χ2v) is 10.3. The van der Waals surface area contributed by atoms with Gasteiger partial charge in [0.2, 0.25) is 5.91 Å². The van der Waals surface area contributed by atoms with E-state index in [1.54, 1.807) is 16.6 Å². The molecule has 1 unspecified atom stereocenters. The molecule has 200 valence electrons. The Morgan fingerprint density at radius 2 is 2.03 bits per heavy atom. The number of carbonyl (C=O) groups excluding carboxylic acids is 2. The molecule has 11 heteroatoms. The van der Waals surface area contributed by atoms with Crippen molar-refractivity contribution < 1.29 is 19.1 Å². The van der Waals surface area contributed by atoms with Gasteiger partial charge in [-0.15, -0.1) is 0 Å². The first-order valence-electron chi connectivity index (χ1n) is 12.6. The van der Waals surface area contributed by atoms with Gasteiger partial charge in [0.15, 0.2) is 0 Å². The molecule has 1 aliphatic rings. The van der Waals surface area contributed by atoms with Gasteiger partial charge < -0.3 is 21.1 Å². The zero-order valence-electron chi connectivity index (χ0n) is 21.7. The van der Waals surface area contributed by atoms with E-state index in [1.165, 1.54) is 33.2 Å². The standard InChI is InChI=1S/C27H32FN7O3/c1-16(36)33-18-5-4-6-19(10-18)34-22-11-23(24-8-7-20-9-17(12-29)13-32-35(20)24)30-14-21(22)26(37)31-15-25(28)27(2,3)38/h7-9,11,13-14,18-19,25,38H,4-6,10,15H2,1-3H3,(H,30,34)(H,31,37)(H,33,36)/t18-,19+,25?/m1/s1. The number of nitrogens with one attached hydrogen (secondary N) is 3. The van der Waals surface area contributed by atoms with Crippen molar-refractivity contribution in [2.45, 2.75) is 70.3 Å². The highest BCUT2D eigenvalue weighted by molar-refractivity contribution is 6.00. The molecule has 0 bridgehead atoms. The van der Waals surface area contributed by atoms with Crippen LogP contribution in [0.5, 0.6) is 0 Å². The molecule has 0 radical (unpaired) electrons. The molecule has 38 heavy (non-hydrogen) atoms. The van der Waals surface area contributed by atoms with Gasteiger partial charge in [-0.2, -0.15) is 10.4 Å². The molecule has 1 aliphatic carbocycles. The van der Waals surface area contributed by atoms with Crippen molar-refractivity contribution >= 4 is 23.0 Å². The van der Waals surface area contributed by atoms with Gasteiger partial charge in [0.1, 0.15) is 12.2 Å². The first-order chi connectivity index (χ1) is 18.0. The number of carbonyl (C=O) groups is 2. The number of nitrogens with zero attached hydrogens (tertiary/aromatic N) is 4. The number of amides is 2. The average Bonchev–Trinajstić information content (AvgIpc) is 3.29. The van der Waals surface area contributed by atoms with E-state index in [2.05, 4.69) is 32.1 Å². The lowest BCUT2D eigenvalue weighted by Gasteiger charge is -2.31. The Balaban J connectivity index is 1.65. The SMILES string of the molecule is CC(=O)N[C@@H]1CCC[C@H](Nc2cc(-c3ccc4cc(C#N)cnn34)ncc2C(=O)NCC(F)C(C)(C)O)C1. The summed E-state index contributed by atoms with van der Waals surface area (Å²) in [6.45, 7) is 3.83. The minimum absolute atomic E-state index is 0.00642. The van der Waals surface area contributed by atoms with E-state index in [9.17, 15) is 19.1 Å². The molecule has 1 fully saturated rings. The van der Waals surface area contributed by atoms with E-state index in [4.69, 9.17) is 5.26 Å². The summed E-state index contributed by atoms with van der Waals surface area (Å²) in [5.74, 6) is -0.605. The second-order valence-electron chi connectivity index (χ2n) is 10.3. The first-order valence-corrected chi connectivity index (χ1v) is 12.6. The monoisotopic (exact) mass is 521 g/mol. The van der Waals surface area contributed by atoms with Crippen LogP contribution in [0, 0.1) is 11.3 Å². The van der Waals surface area contributed by atoms with Crippen LogP contribution < -0.4 is 16.0 Å². The zero-order valence-corrected chi connectivity index (χ0v) is 21.7. The van der Waals surface area contributed by atoms with Gasteiger partial charge in [-0.3, -0.25) is 14.6 Å². The minimum Gasteiger partial charge on any atom is -0.387 e. The second kappa shape index (κ2) is 11.1. The van der Waals surface area contributed by atoms with E-state index >= 15 is 0 Å². The maximum absolute atomic E-state index is 14.3.